The molecule has 0 bridgehead atoms. The van der Waals surface area contributed by atoms with Gasteiger partial charge < -0.3 is 40.4 Å². The molecule has 15 heteroatoms. The summed E-state index contributed by atoms with van der Waals surface area (Å²) in [5.74, 6) is -3.24. The average molecular weight is 664 g/mol. The van der Waals surface area contributed by atoms with Crippen molar-refractivity contribution in [2.24, 2.45) is 10.7 Å². The minimum absolute atomic E-state index is 0.0228. The molecular formula is C32H40F3N5O7. The van der Waals surface area contributed by atoms with Crippen LogP contribution in [0.4, 0.5) is 18.9 Å². The predicted octanol–water partition coefficient (Wildman–Crippen LogP) is 3.68. The molecule has 12 nitrogen and oxygen atoms in total. The molecule has 0 amide bonds. The third-order valence-electron chi connectivity index (χ3n) is 8.41. The number of benzene rings is 2. The van der Waals surface area contributed by atoms with Crippen LogP contribution in [0.1, 0.15) is 50.5 Å². The Balaban J connectivity index is 0.000000410. The molecule has 3 aliphatic heterocycles. The van der Waals surface area contributed by atoms with Crippen molar-refractivity contribution in [2.75, 3.05) is 33.5 Å². The number of fused-ring (bicyclic) bond motifs is 3. The van der Waals surface area contributed by atoms with Crippen LogP contribution in [-0.2, 0) is 11.2 Å². The second-order valence-corrected chi connectivity index (χ2v) is 11.8. The van der Waals surface area contributed by atoms with Gasteiger partial charge in [0.2, 0.25) is 5.88 Å². The third-order valence-corrected chi connectivity index (χ3v) is 8.41. The first-order valence-electron chi connectivity index (χ1n) is 15.6. The topological polar surface area (TPSA) is 175 Å². The molecule has 3 aliphatic rings. The van der Waals surface area contributed by atoms with E-state index in [1.54, 1.807) is 0 Å². The number of rotatable bonds is 4. The number of aromatic nitrogens is 1. The van der Waals surface area contributed by atoms with E-state index in [-0.39, 0.29) is 46.4 Å². The standard InChI is InChI=1S/C25H28F2N4O7.C7H12FN/c1-36-24(28)31-20-15-6-4-2-3-5-9-29-12-37-23(15)30-21(19(20)27)16-11-14(32)10-13-7-8-17(26)22(18(13)16)38-25(33,34)35;8-6-4-7-2-1-3-9(7)5-6/h7-8,10-11,29,32-35H,2-6,9,12H2,1H3,(H2,28,30,31);6-7H,1-5H2. The van der Waals surface area contributed by atoms with E-state index in [2.05, 4.69) is 24.9 Å². The molecule has 4 heterocycles. The summed E-state index contributed by atoms with van der Waals surface area (Å²) >= 11 is 0. The monoisotopic (exact) mass is 663 g/mol. The number of pyridine rings is 1. The van der Waals surface area contributed by atoms with Crippen LogP contribution in [0.3, 0.4) is 0 Å². The Hall–Kier alpha value is -3.89. The van der Waals surface area contributed by atoms with Crippen LogP contribution in [-0.4, -0.2) is 88.2 Å². The van der Waals surface area contributed by atoms with Gasteiger partial charge in [0.05, 0.1) is 7.11 Å². The number of aliphatic imine (C=N–C) groups is 1. The molecule has 256 valence electrons. The molecule has 47 heavy (non-hydrogen) atoms. The first-order chi connectivity index (χ1) is 22.4. The molecular weight excluding hydrogens is 623 g/mol. The molecule has 3 aromatic rings. The first kappa shape index (κ1) is 34.4. The molecule has 0 aliphatic carbocycles. The summed E-state index contributed by atoms with van der Waals surface area (Å²) in [6.07, 6.45) is 2.87. The minimum Gasteiger partial charge on any atom is -0.508 e. The van der Waals surface area contributed by atoms with Gasteiger partial charge in [-0.2, -0.15) is 4.99 Å². The number of amidine groups is 1. The molecule has 2 saturated heterocycles. The average Bonchev–Trinajstić information content (AvgIpc) is 3.58. The smallest absolute Gasteiger partial charge is 0.453 e. The highest BCUT2D eigenvalue weighted by atomic mass is 19.1. The van der Waals surface area contributed by atoms with Crippen molar-refractivity contribution in [1.82, 2.24) is 15.2 Å². The lowest BCUT2D eigenvalue weighted by Crippen LogP contribution is -2.35. The van der Waals surface area contributed by atoms with Crippen molar-refractivity contribution in [1.29, 1.82) is 0 Å². The fourth-order valence-corrected chi connectivity index (χ4v) is 6.30. The maximum atomic E-state index is 16.3. The number of ether oxygens (including phenoxy) is 3. The van der Waals surface area contributed by atoms with Crippen LogP contribution in [0.25, 0.3) is 22.0 Å². The van der Waals surface area contributed by atoms with E-state index >= 15 is 4.39 Å². The number of nitrogens with zero attached hydrogens (tertiary/aromatic N) is 3. The summed E-state index contributed by atoms with van der Waals surface area (Å²) in [5, 5.41) is 41.6. The van der Waals surface area contributed by atoms with Crippen LogP contribution < -0.4 is 20.5 Å². The summed E-state index contributed by atoms with van der Waals surface area (Å²) in [5.41, 5.74) is 5.24. The Morgan fingerprint density at radius 2 is 1.94 bits per heavy atom. The molecule has 0 radical (unpaired) electrons. The summed E-state index contributed by atoms with van der Waals surface area (Å²) in [6, 6.07) is 4.73. The van der Waals surface area contributed by atoms with Crippen LogP contribution in [0.5, 0.6) is 17.4 Å². The largest absolute Gasteiger partial charge is 0.508 e. The van der Waals surface area contributed by atoms with E-state index in [0.717, 1.165) is 44.4 Å². The second kappa shape index (κ2) is 14.9. The molecule has 1 aromatic heterocycles. The zero-order valence-corrected chi connectivity index (χ0v) is 26.0. The van der Waals surface area contributed by atoms with Crippen LogP contribution in [0, 0.1) is 11.6 Å². The fraction of sp³-hybridized carbons (Fsp3) is 0.500. The van der Waals surface area contributed by atoms with E-state index in [0.29, 0.717) is 37.5 Å². The molecule has 0 spiro atoms. The van der Waals surface area contributed by atoms with E-state index in [9.17, 15) is 29.2 Å². The third kappa shape index (κ3) is 8.34. The summed E-state index contributed by atoms with van der Waals surface area (Å²) < 4.78 is 59.1. The van der Waals surface area contributed by atoms with Gasteiger partial charge >= 0.3 is 6.16 Å². The van der Waals surface area contributed by atoms with Gasteiger partial charge in [-0.25, -0.2) is 18.2 Å². The van der Waals surface area contributed by atoms with Crippen molar-refractivity contribution in [2.45, 2.75) is 69.7 Å². The summed E-state index contributed by atoms with van der Waals surface area (Å²) in [7, 11) is 1.27. The maximum absolute atomic E-state index is 16.3. The van der Waals surface area contributed by atoms with Crippen molar-refractivity contribution < 1.29 is 47.8 Å². The van der Waals surface area contributed by atoms with Gasteiger partial charge in [0.15, 0.2) is 17.4 Å². The maximum Gasteiger partial charge on any atom is 0.453 e. The van der Waals surface area contributed by atoms with Gasteiger partial charge in [-0.1, -0.05) is 18.9 Å². The normalized spacial score (nSPS) is 20.8. The number of methoxy groups -OCH3 is 1. The number of nitrogens with one attached hydrogen (secondary N) is 1. The number of phenols is 1. The number of hydrogen-bond donors (Lipinski definition) is 6. The van der Waals surface area contributed by atoms with Gasteiger partial charge in [-0.05, 0) is 75.2 Å². The van der Waals surface area contributed by atoms with Crippen molar-refractivity contribution in [3.63, 3.8) is 0 Å². The number of aromatic hydroxyl groups is 1. The Morgan fingerprint density at radius 3 is 2.68 bits per heavy atom. The van der Waals surface area contributed by atoms with Crippen LogP contribution in [0.15, 0.2) is 29.3 Å². The van der Waals surface area contributed by atoms with Crippen LogP contribution >= 0.6 is 0 Å². The van der Waals surface area contributed by atoms with Gasteiger partial charge in [-0.3, -0.25) is 10.2 Å². The zero-order valence-electron chi connectivity index (χ0n) is 26.0. The summed E-state index contributed by atoms with van der Waals surface area (Å²) in [6.45, 7) is 2.61. The van der Waals surface area contributed by atoms with Gasteiger partial charge in [0.1, 0.15) is 30.0 Å². The minimum atomic E-state index is -3.76. The molecule has 2 unspecified atom stereocenters. The lowest BCUT2D eigenvalue weighted by Gasteiger charge is -2.20. The molecule has 2 aromatic carbocycles. The molecule has 7 N–H and O–H groups in total. The molecule has 0 saturated carbocycles. The lowest BCUT2D eigenvalue weighted by atomic mass is 9.97. The van der Waals surface area contributed by atoms with Crippen molar-refractivity contribution in [3.05, 3.63) is 41.5 Å². The number of phenolic OH excluding ortho intramolecular Hbond substituents is 1. The Kier molecular flexibility index (Phi) is 10.9. The van der Waals surface area contributed by atoms with E-state index in [1.807, 2.05) is 0 Å². The molecule has 2 fully saturated rings. The van der Waals surface area contributed by atoms with Gasteiger partial charge in [0.25, 0.3) is 6.02 Å². The molecule has 2 atom stereocenters. The van der Waals surface area contributed by atoms with Crippen LogP contribution in [0.2, 0.25) is 0 Å². The van der Waals surface area contributed by atoms with Gasteiger partial charge in [0, 0.05) is 29.1 Å². The Morgan fingerprint density at radius 1 is 1.15 bits per heavy atom. The predicted molar refractivity (Wildman–Crippen MR) is 167 cm³/mol. The highest BCUT2D eigenvalue weighted by Crippen LogP contribution is 2.44. The second-order valence-electron chi connectivity index (χ2n) is 11.8. The van der Waals surface area contributed by atoms with E-state index in [4.69, 9.17) is 15.2 Å². The summed E-state index contributed by atoms with van der Waals surface area (Å²) in [4.78, 5) is 10.8. The number of alkyl halides is 1. The number of hydrogen-bond acceptors (Lipinski definition) is 11. The Bertz CT molecular complexity index is 1590. The van der Waals surface area contributed by atoms with Crippen molar-refractivity contribution >= 4 is 22.5 Å². The molecule has 6 rings (SSSR count). The van der Waals surface area contributed by atoms with E-state index < -0.39 is 35.4 Å². The van der Waals surface area contributed by atoms with Gasteiger partial charge in [-0.15, -0.1) is 0 Å². The number of halogens is 3. The van der Waals surface area contributed by atoms with Crippen molar-refractivity contribution in [3.8, 4) is 28.6 Å². The number of aliphatic hydroxyl groups is 3. The highest BCUT2D eigenvalue weighted by Gasteiger charge is 2.35. The number of nitrogens with two attached hydrogens (primary N) is 1. The first-order valence-corrected chi connectivity index (χ1v) is 15.6. The zero-order chi connectivity index (χ0) is 33.7. The lowest BCUT2D eigenvalue weighted by molar-refractivity contribution is -0.419. The highest BCUT2D eigenvalue weighted by molar-refractivity contribution is 6.02. The Labute approximate surface area is 269 Å². The fourth-order valence-electron chi connectivity index (χ4n) is 6.30. The van der Waals surface area contributed by atoms with E-state index in [1.165, 1.54) is 32.1 Å². The quantitative estimate of drug-likeness (QED) is 0.137. The SMILES string of the molecule is COC(N)=Nc1c(F)c(-c2cc(O)cc3ccc(F)c(OC(O)(O)O)c23)nc2c1CCCCCCNCO2.FC1CC2CCCN2C1.